The zero-order valence-corrected chi connectivity index (χ0v) is 8.15. The van der Waals surface area contributed by atoms with Crippen molar-refractivity contribution in [1.29, 1.82) is 0 Å². The van der Waals surface area contributed by atoms with Crippen LogP contribution in [0, 0.1) is 0 Å². The van der Waals surface area contributed by atoms with Gasteiger partial charge in [0.1, 0.15) is 5.15 Å². The molecule has 0 N–H and O–H groups in total. The van der Waals surface area contributed by atoms with Gasteiger partial charge in [-0.2, -0.15) is 4.98 Å². The highest BCUT2D eigenvalue weighted by molar-refractivity contribution is 7.84. The van der Waals surface area contributed by atoms with Gasteiger partial charge >= 0.3 is 0 Å². The Bertz CT molecular complexity index is 318. The summed E-state index contributed by atoms with van der Waals surface area (Å²) < 4.78 is 15.8. The lowest BCUT2D eigenvalue weighted by molar-refractivity contribution is 0.392. The molecular weight excluding hydrogens is 200 g/mol. The predicted octanol–water partition coefficient (Wildman–Crippen LogP) is 0.876. The Morgan fingerprint density at radius 3 is 2.75 bits per heavy atom. The highest BCUT2D eigenvalue weighted by Gasteiger charge is 2.05. The van der Waals surface area contributed by atoms with Gasteiger partial charge in [0.2, 0.25) is 11.0 Å². The monoisotopic (exact) mass is 206 g/mol. The molecule has 1 atom stereocenters. The Morgan fingerprint density at radius 2 is 2.25 bits per heavy atom. The molecule has 12 heavy (non-hydrogen) atoms. The van der Waals surface area contributed by atoms with Crippen molar-refractivity contribution in [3.05, 3.63) is 11.2 Å². The third kappa shape index (κ3) is 2.15. The van der Waals surface area contributed by atoms with Crippen molar-refractivity contribution in [2.24, 2.45) is 0 Å². The van der Waals surface area contributed by atoms with E-state index in [-0.39, 0.29) is 10.3 Å². The molecule has 0 bridgehead atoms. The van der Waals surface area contributed by atoms with Gasteiger partial charge in [0.05, 0.1) is 17.9 Å². The highest BCUT2D eigenvalue weighted by Crippen LogP contribution is 2.14. The van der Waals surface area contributed by atoms with Gasteiger partial charge in [-0.25, -0.2) is 4.98 Å². The quantitative estimate of drug-likeness (QED) is 0.533. The van der Waals surface area contributed by atoms with Crippen LogP contribution in [0.1, 0.15) is 0 Å². The summed E-state index contributed by atoms with van der Waals surface area (Å²) in [7, 11) is 0.222. The van der Waals surface area contributed by atoms with Crippen molar-refractivity contribution in [2.75, 3.05) is 13.4 Å². The molecule has 0 radical (unpaired) electrons. The molecule has 6 heteroatoms. The van der Waals surface area contributed by atoms with Crippen LogP contribution in [0.15, 0.2) is 11.2 Å². The van der Waals surface area contributed by atoms with Crippen molar-refractivity contribution < 1.29 is 8.95 Å². The second-order valence-corrected chi connectivity index (χ2v) is 3.63. The van der Waals surface area contributed by atoms with Crippen LogP contribution in [-0.4, -0.2) is 27.5 Å². The fourth-order valence-corrected chi connectivity index (χ4v) is 1.28. The maximum Gasteiger partial charge on any atom is 0.222 e. The average molecular weight is 207 g/mol. The number of rotatable bonds is 2. The molecule has 0 spiro atoms. The lowest BCUT2D eigenvalue weighted by Gasteiger charge is -2.00. The van der Waals surface area contributed by atoms with E-state index in [9.17, 15) is 4.21 Å². The summed E-state index contributed by atoms with van der Waals surface area (Å²) in [5.74, 6) is 0.320. The Kier molecular flexibility index (Phi) is 2.99. The molecule has 0 aliphatic carbocycles. The van der Waals surface area contributed by atoms with E-state index < -0.39 is 10.8 Å². The molecule has 0 aliphatic rings. The van der Waals surface area contributed by atoms with Crippen LogP contribution in [0.4, 0.5) is 0 Å². The molecule has 0 aromatic carbocycles. The number of halogens is 1. The number of aromatic nitrogens is 2. The van der Waals surface area contributed by atoms with Gasteiger partial charge in [0.25, 0.3) is 0 Å². The largest absolute Gasteiger partial charge is 0.481 e. The summed E-state index contributed by atoms with van der Waals surface area (Å²) in [6.45, 7) is 0. The predicted molar refractivity (Wildman–Crippen MR) is 45.9 cm³/mol. The first-order chi connectivity index (χ1) is 5.63. The third-order valence-corrected chi connectivity index (χ3v) is 2.01. The van der Waals surface area contributed by atoms with Crippen LogP contribution < -0.4 is 4.74 Å². The molecule has 0 saturated carbocycles. The summed E-state index contributed by atoms with van der Waals surface area (Å²) >= 11 is 5.61. The van der Waals surface area contributed by atoms with Crippen LogP contribution in [0.3, 0.4) is 0 Å². The van der Waals surface area contributed by atoms with Crippen molar-refractivity contribution in [3.63, 3.8) is 0 Å². The first-order valence-corrected chi connectivity index (χ1v) is 4.99. The molecule has 0 saturated heterocycles. The van der Waals surface area contributed by atoms with Crippen LogP contribution in [0.2, 0.25) is 5.15 Å². The number of nitrogens with zero attached hydrogens (tertiary/aromatic N) is 2. The van der Waals surface area contributed by atoms with Gasteiger partial charge < -0.3 is 4.74 Å². The van der Waals surface area contributed by atoms with E-state index in [0.29, 0.717) is 5.88 Å². The minimum absolute atomic E-state index is 0.180. The summed E-state index contributed by atoms with van der Waals surface area (Å²) in [4.78, 5) is 7.59. The molecule has 1 rings (SSSR count). The van der Waals surface area contributed by atoms with Crippen LogP contribution in [0.5, 0.6) is 5.88 Å². The van der Waals surface area contributed by atoms with Crippen LogP contribution in [-0.2, 0) is 10.8 Å². The van der Waals surface area contributed by atoms with E-state index in [4.69, 9.17) is 16.3 Å². The molecule has 0 amide bonds. The molecule has 0 unspecified atom stereocenters. The Morgan fingerprint density at radius 1 is 1.58 bits per heavy atom. The third-order valence-electron chi connectivity index (χ3n) is 1.12. The topological polar surface area (TPSA) is 52.1 Å². The highest BCUT2D eigenvalue weighted by atomic mass is 35.5. The molecule has 1 aromatic heterocycles. The van der Waals surface area contributed by atoms with Crippen molar-refractivity contribution in [2.45, 2.75) is 5.16 Å². The van der Waals surface area contributed by atoms with Gasteiger partial charge in [0, 0.05) is 12.3 Å². The van der Waals surface area contributed by atoms with Crippen molar-refractivity contribution in [3.8, 4) is 5.88 Å². The van der Waals surface area contributed by atoms with Gasteiger partial charge in [-0.3, -0.25) is 4.21 Å². The van der Waals surface area contributed by atoms with Crippen molar-refractivity contribution in [1.82, 2.24) is 9.97 Å². The smallest absolute Gasteiger partial charge is 0.222 e. The van der Waals surface area contributed by atoms with Crippen LogP contribution in [0.25, 0.3) is 0 Å². The summed E-state index contributed by atoms with van der Waals surface area (Å²) in [6.07, 6.45) is 1.48. The Balaban J connectivity index is 3.15. The lowest BCUT2D eigenvalue weighted by Crippen LogP contribution is -1.99. The maximum absolute atomic E-state index is 10.9. The molecule has 0 fully saturated rings. The van der Waals surface area contributed by atoms with E-state index in [0.717, 1.165) is 0 Å². The normalized spacial score (nSPS) is 12.6. The number of ether oxygens (including phenoxy) is 1. The second-order valence-electron chi connectivity index (χ2n) is 1.97. The van der Waals surface area contributed by atoms with Gasteiger partial charge in [-0.05, 0) is 0 Å². The molecule has 1 heterocycles. The molecule has 66 valence electrons. The number of methoxy groups -OCH3 is 1. The fourth-order valence-electron chi connectivity index (χ4n) is 0.610. The lowest BCUT2D eigenvalue weighted by atomic mass is 10.6. The van der Waals surface area contributed by atoms with Gasteiger partial charge in [-0.1, -0.05) is 11.6 Å². The maximum atomic E-state index is 10.9. The van der Waals surface area contributed by atoms with E-state index in [1.807, 2.05) is 0 Å². The minimum Gasteiger partial charge on any atom is -0.481 e. The van der Waals surface area contributed by atoms with Crippen molar-refractivity contribution >= 4 is 22.4 Å². The standard InChI is InChI=1S/C6H7ClN2O2S/c1-11-5-3-4(7)8-6(9-5)12(2)10/h3H,1-2H3/t12-/m1/s1. The minimum atomic E-state index is -1.24. The summed E-state index contributed by atoms with van der Waals surface area (Å²) in [5, 5.41) is 0.409. The first-order valence-electron chi connectivity index (χ1n) is 3.05. The summed E-state index contributed by atoms with van der Waals surface area (Å²) in [5.41, 5.74) is 0. The zero-order valence-electron chi connectivity index (χ0n) is 6.57. The molecule has 1 aromatic rings. The average Bonchev–Trinajstić information content (AvgIpc) is 2.03. The Labute approximate surface area is 77.4 Å². The first kappa shape index (κ1) is 9.41. The molecular formula is C6H7ClN2O2S. The van der Waals surface area contributed by atoms with E-state index >= 15 is 0 Å². The van der Waals surface area contributed by atoms with Crippen LogP contribution >= 0.6 is 11.6 Å². The Hall–Kier alpha value is -0.680. The molecule has 4 nitrogen and oxygen atoms in total. The van der Waals surface area contributed by atoms with Gasteiger partial charge in [-0.15, -0.1) is 0 Å². The molecule has 0 aliphatic heterocycles. The fraction of sp³-hybridized carbons (Fsp3) is 0.333. The van der Waals surface area contributed by atoms with Gasteiger partial charge in [0.15, 0.2) is 0 Å². The summed E-state index contributed by atoms with van der Waals surface area (Å²) in [6, 6.07) is 1.46. The van der Waals surface area contributed by atoms with E-state index in [1.54, 1.807) is 0 Å². The second kappa shape index (κ2) is 3.82. The number of hydrogen-bond donors (Lipinski definition) is 0. The van der Waals surface area contributed by atoms with E-state index in [1.165, 1.54) is 19.4 Å². The number of hydrogen-bond acceptors (Lipinski definition) is 4. The zero-order chi connectivity index (χ0) is 9.14. The van der Waals surface area contributed by atoms with E-state index in [2.05, 4.69) is 9.97 Å². The SMILES string of the molecule is COc1cc(Cl)nc([S@@](C)=O)n1.